The van der Waals surface area contributed by atoms with Crippen LogP contribution in [-0.2, 0) is 6.42 Å². The van der Waals surface area contributed by atoms with Gasteiger partial charge in [-0.1, -0.05) is 83.7 Å². The van der Waals surface area contributed by atoms with E-state index in [0.29, 0.717) is 16.7 Å². The highest BCUT2D eigenvalue weighted by Crippen LogP contribution is 2.50. The van der Waals surface area contributed by atoms with E-state index in [0.717, 1.165) is 17.8 Å². The molecule has 0 saturated heterocycles. The van der Waals surface area contributed by atoms with Gasteiger partial charge in [0, 0.05) is 23.2 Å². The largest absolute Gasteiger partial charge is 0.318 e. The van der Waals surface area contributed by atoms with E-state index >= 15 is 0 Å². The van der Waals surface area contributed by atoms with E-state index in [9.17, 15) is 0 Å². The summed E-state index contributed by atoms with van der Waals surface area (Å²) in [6.07, 6.45) is 11.1. The zero-order valence-electron chi connectivity index (χ0n) is 19.8. The van der Waals surface area contributed by atoms with Crippen LogP contribution in [0.2, 0.25) is 0 Å². The summed E-state index contributed by atoms with van der Waals surface area (Å²) >= 11 is 0. The van der Waals surface area contributed by atoms with Gasteiger partial charge in [0.1, 0.15) is 0 Å². The molecule has 1 aliphatic carbocycles. The minimum atomic E-state index is 0.375. The van der Waals surface area contributed by atoms with Crippen LogP contribution >= 0.6 is 0 Å². The summed E-state index contributed by atoms with van der Waals surface area (Å²) in [6, 6.07) is 8.59. The lowest BCUT2D eigenvalue weighted by Crippen LogP contribution is -2.34. The van der Waals surface area contributed by atoms with Crippen molar-refractivity contribution in [1.29, 1.82) is 0 Å². The Morgan fingerprint density at radius 2 is 1.72 bits per heavy atom. The number of benzene rings is 1. The molecule has 0 N–H and O–H groups in total. The fourth-order valence-electron chi connectivity index (χ4n) is 5.38. The van der Waals surface area contributed by atoms with Gasteiger partial charge in [0.15, 0.2) is 0 Å². The van der Waals surface area contributed by atoms with E-state index in [1.54, 1.807) is 0 Å². The maximum atomic E-state index is 4.50. The summed E-state index contributed by atoms with van der Waals surface area (Å²) in [5, 5.41) is 0. The molecule has 1 aromatic rings. The van der Waals surface area contributed by atoms with E-state index in [4.69, 9.17) is 0 Å². The Hall–Kier alpha value is -2.02. The molecule has 2 rings (SSSR count). The van der Waals surface area contributed by atoms with Crippen molar-refractivity contribution in [1.82, 2.24) is 4.90 Å². The standard InChI is InChI=1S/C28H41N/c1-10-23-15-13-14-16-26(23)22(5)29(25(11-2)12-3)19-21(4)24-17-27(6,7)20-28(8,9)18-24/h11-16,19,24H,2,5,10,17-18,20H2,1,3-4,6-9H3/b21-19+,25-12+. The molecule has 1 nitrogen and oxygen atoms in total. The maximum Gasteiger partial charge on any atom is 0.0458 e. The molecule has 0 aliphatic heterocycles. The summed E-state index contributed by atoms with van der Waals surface area (Å²) in [6.45, 7) is 24.8. The lowest BCUT2D eigenvalue weighted by Gasteiger charge is -2.45. The predicted octanol–water partition coefficient (Wildman–Crippen LogP) is 8.37. The predicted molar refractivity (Wildman–Crippen MR) is 129 cm³/mol. The molecule has 0 amide bonds. The first-order chi connectivity index (χ1) is 13.5. The lowest BCUT2D eigenvalue weighted by molar-refractivity contribution is 0.0814. The fraction of sp³-hybridized carbons (Fsp3) is 0.500. The van der Waals surface area contributed by atoms with Gasteiger partial charge in [-0.25, -0.2) is 0 Å². The summed E-state index contributed by atoms with van der Waals surface area (Å²) in [4.78, 5) is 2.24. The quantitative estimate of drug-likeness (QED) is 0.422. The second-order valence-electron chi connectivity index (χ2n) is 10.2. The second-order valence-corrected chi connectivity index (χ2v) is 10.2. The van der Waals surface area contributed by atoms with Gasteiger partial charge < -0.3 is 4.90 Å². The Balaban J connectivity index is 2.45. The first kappa shape index (κ1) is 23.3. The van der Waals surface area contributed by atoms with Gasteiger partial charge in [-0.15, -0.1) is 0 Å². The molecular weight excluding hydrogens is 350 g/mol. The molecule has 1 fully saturated rings. The van der Waals surface area contributed by atoms with Gasteiger partial charge in [-0.05, 0) is 67.9 Å². The minimum Gasteiger partial charge on any atom is -0.318 e. The van der Waals surface area contributed by atoms with Gasteiger partial charge in [0.25, 0.3) is 0 Å². The highest BCUT2D eigenvalue weighted by Gasteiger charge is 2.39. The van der Waals surface area contributed by atoms with Gasteiger partial charge in [0.05, 0.1) is 0 Å². The molecule has 29 heavy (non-hydrogen) atoms. The highest BCUT2D eigenvalue weighted by atomic mass is 15.1. The average Bonchev–Trinajstić information content (AvgIpc) is 2.64. The highest BCUT2D eigenvalue weighted by molar-refractivity contribution is 5.68. The Morgan fingerprint density at radius 3 is 2.24 bits per heavy atom. The van der Waals surface area contributed by atoms with Crippen LogP contribution in [0.4, 0.5) is 0 Å². The van der Waals surface area contributed by atoms with Crippen LogP contribution < -0.4 is 0 Å². The zero-order chi connectivity index (χ0) is 21.8. The van der Waals surface area contributed by atoms with Crippen molar-refractivity contribution >= 4 is 5.70 Å². The van der Waals surface area contributed by atoms with Crippen LogP contribution in [0.3, 0.4) is 0 Å². The molecule has 1 aliphatic rings. The van der Waals surface area contributed by atoms with Gasteiger partial charge >= 0.3 is 0 Å². The SMILES string of the molecule is C=C/C(=C\C)N(/C=C(\C)C1CC(C)(C)CC(C)(C)C1)C(=C)c1ccccc1CC. The molecule has 158 valence electrons. The molecule has 0 radical (unpaired) electrons. The van der Waals surface area contributed by atoms with Crippen molar-refractivity contribution in [2.75, 3.05) is 0 Å². The van der Waals surface area contributed by atoms with Crippen LogP contribution in [0.1, 0.15) is 78.9 Å². The van der Waals surface area contributed by atoms with Crippen molar-refractivity contribution in [3.63, 3.8) is 0 Å². The monoisotopic (exact) mass is 391 g/mol. The third-order valence-corrected chi connectivity index (χ3v) is 6.31. The number of nitrogens with zero attached hydrogens (tertiary/aromatic N) is 1. The number of hydrogen-bond donors (Lipinski definition) is 0. The molecule has 0 unspecified atom stereocenters. The third kappa shape index (κ3) is 5.75. The van der Waals surface area contributed by atoms with E-state index in [-0.39, 0.29) is 0 Å². The van der Waals surface area contributed by atoms with E-state index in [1.807, 2.05) is 6.08 Å². The van der Waals surface area contributed by atoms with Crippen molar-refractivity contribution in [2.24, 2.45) is 16.7 Å². The molecule has 0 aromatic heterocycles. The van der Waals surface area contributed by atoms with E-state index in [1.165, 1.54) is 36.0 Å². The number of allylic oxidation sites excluding steroid dienone is 3. The van der Waals surface area contributed by atoms with Crippen LogP contribution in [0.5, 0.6) is 0 Å². The minimum absolute atomic E-state index is 0.375. The molecule has 0 atom stereocenters. The third-order valence-electron chi connectivity index (χ3n) is 6.31. The zero-order valence-corrected chi connectivity index (χ0v) is 19.8. The molecule has 0 heterocycles. The topological polar surface area (TPSA) is 3.24 Å². The van der Waals surface area contributed by atoms with E-state index < -0.39 is 0 Å². The van der Waals surface area contributed by atoms with E-state index in [2.05, 4.69) is 103 Å². The van der Waals surface area contributed by atoms with Gasteiger partial charge in [0.2, 0.25) is 0 Å². The summed E-state index contributed by atoms with van der Waals surface area (Å²) in [5.41, 5.74) is 6.82. The second kappa shape index (κ2) is 9.20. The Bertz CT molecular complexity index is 787. The molecule has 1 heteroatoms. The van der Waals surface area contributed by atoms with Gasteiger partial charge in [-0.2, -0.15) is 0 Å². The summed E-state index contributed by atoms with van der Waals surface area (Å²) in [7, 11) is 0. The average molecular weight is 392 g/mol. The van der Waals surface area contributed by atoms with Crippen molar-refractivity contribution < 1.29 is 0 Å². The van der Waals surface area contributed by atoms with Crippen molar-refractivity contribution in [2.45, 2.75) is 74.1 Å². The van der Waals surface area contributed by atoms with Crippen LogP contribution in [0.15, 0.2) is 67.0 Å². The smallest absolute Gasteiger partial charge is 0.0458 e. The molecule has 0 spiro atoms. The fourth-order valence-corrected chi connectivity index (χ4v) is 5.38. The van der Waals surface area contributed by atoms with Gasteiger partial charge in [-0.3, -0.25) is 0 Å². The Labute approximate surface area is 179 Å². The molecule has 1 saturated carbocycles. The van der Waals surface area contributed by atoms with Crippen molar-refractivity contribution in [3.05, 3.63) is 78.2 Å². The Kier molecular flexibility index (Phi) is 7.38. The van der Waals surface area contributed by atoms with Crippen LogP contribution in [0.25, 0.3) is 5.70 Å². The first-order valence-corrected chi connectivity index (χ1v) is 11.1. The molecular formula is C28H41N. The molecule has 0 bridgehead atoms. The maximum absolute atomic E-state index is 4.50. The number of hydrogen-bond acceptors (Lipinski definition) is 1. The lowest BCUT2D eigenvalue weighted by atomic mass is 9.60. The molecule has 1 aromatic carbocycles. The number of rotatable bonds is 7. The summed E-state index contributed by atoms with van der Waals surface area (Å²) < 4.78 is 0. The van der Waals surface area contributed by atoms with Crippen LogP contribution in [-0.4, -0.2) is 4.90 Å². The van der Waals surface area contributed by atoms with Crippen LogP contribution in [0, 0.1) is 16.7 Å². The summed E-state index contributed by atoms with van der Waals surface area (Å²) in [5.74, 6) is 0.591. The van der Waals surface area contributed by atoms with Crippen molar-refractivity contribution in [3.8, 4) is 0 Å². The Morgan fingerprint density at radius 1 is 1.14 bits per heavy atom. The normalized spacial score (nSPS) is 19.7. The number of aryl methyl sites for hydroxylation is 1. The first-order valence-electron chi connectivity index (χ1n) is 11.1.